The molecular weight excluding hydrogens is 324 g/mol. The first kappa shape index (κ1) is 18.1. The Kier molecular flexibility index (Phi) is 6.00. The van der Waals surface area contributed by atoms with Crippen molar-refractivity contribution in [3.8, 4) is 6.07 Å². The van der Waals surface area contributed by atoms with Crippen LogP contribution in [0.2, 0.25) is 0 Å². The molecule has 5 nitrogen and oxygen atoms in total. The van der Waals surface area contributed by atoms with E-state index in [2.05, 4.69) is 27.3 Å². The molecule has 1 fully saturated rings. The van der Waals surface area contributed by atoms with Crippen LogP contribution in [0, 0.1) is 11.3 Å². The third-order valence-corrected chi connectivity index (χ3v) is 4.66. The average molecular weight is 348 g/mol. The van der Waals surface area contributed by atoms with Crippen LogP contribution < -0.4 is 5.32 Å². The van der Waals surface area contributed by atoms with Crippen LogP contribution in [-0.4, -0.2) is 41.9 Å². The van der Waals surface area contributed by atoms with Gasteiger partial charge in [0, 0.05) is 45.3 Å². The molecule has 0 radical (unpaired) electrons. The molecule has 1 atom stereocenters. The number of nitriles is 1. The zero-order valence-electron chi connectivity index (χ0n) is 15.1. The molecule has 0 saturated carbocycles. The molecule has 26 heavy (non-hydrogen) atoms. The second kappa shape index (κ2) is 8.61. The van der Waals surface area contributed by atoms with Gasteiger partial charge in [0.15, 0.2) is 0 Å². The summed E-state index contributed by atoms with van der Waals surface area (Å²) in [4.78, 5) is 15.8. The Morgan fingerprint density at radius 1 is 1.12 bits per heavy atom. The highest BCUT2D eigenvalue weighted by atomic mass is 16.1. The number of benzene rings is 2. The number of hydrogen-bond acceptors (Lipinski definition) is 4. The molecule has 0 aromatic heterocycles. The predicted octanol–water partition coefficient (Wildman–Crippen LogP) is 3.03. The molecule has 0 aliphatic carbocycles. The molecule has 1 unspecified atom stereocenters. The molecule has 0 bridgehead atoms. The third-order valence-electron chi connectivity index (χ3n) is 4.66. The Bertz CT molecular complexity index is 776. The largest absolute Gasteiger partial charge is 0.326 e. The molecule has 1 N–H and O–H groups in total. The number of rotatable bonds is 5. The van der Waals surface area contributed by atoms with Crippen molar-refractivity contribution in [2.24, 2.45) is 0 Å². The molecular formula is C21H24N4O. The van der Waals surface area contributed by atoms with Crippen LogP contribution in [-0.2, 0) is 11.3 Å². The highest BCUT2D eigenvalue weighted by Gasteiger charge is 2.24. The van der Waals surface area contributed by atoms with Crippen LogP contribution in [0.5, 0.6) is 0 Å². The molecule has 134 valence electrons. The molecule has 1 heterocycles. The predicted molar refractivity (Wildman–Crippen MR) is 102 cm³/mol. The lowest BCUT2D eigenvalue weighted by molar-refractivity contribution is -0.114. The second-order valence-corrected chi connectivity index (χ2v) is 6.64. The van der Waals surface area contributed by atoms with Crippen LogP contribution in [0.1, 0.15) is 24.1 Å². The maximum atomic E-state index is 11.2. The first-order valence-electron chi connectivity index (χ1n) is 8.93. The smallest absolute Gasteiger partial charge is 0.221 e. The van der Waals surface area contributed by atoms with Crippen LogP contribution >= 0.6 is 0 Å². The zero-order valence-corrected chi connectivity index (χ0v) is 15.1. The van der Waals surface area contributed by atoms with E-state index < -0.39 is 0 Å². The van der Waals surface area contributed by atoms with Crippen molar-refractivity contribution in [1.29, 1.82) is 5.26 Å². The van der Waals surface area contributed by atoms with E-state index in [0.29, 0.717) is 0 Å². The van der Waals surface area contributed by atoms with Crippen molar-refractivity contribution < 1.29 is 4.79 Å². The van der Waals surface area contributed by atoms with E-state index in [-0.39, 0.29) is 11.9 Å². The van der Waals surface area contributed by atoms with E-state index in [1.54, 1.807) is 0 Å². The highest BCUT2D eigenvalue weighted by molar-refractivity contribution is 5.88. The van der Waals surface area contributed by atoms with E-state index in [1.165, 1.54) is 12.5 Å². The van der Waals surface area contributed by atoms with Crippen LogP contribution in [0.3, 0.4) is 0 Å². The van der Waals surface area contributed by atoms with Gasteiger partial charge in [0.1, 0.15) is 6.04 Å². The van der Waals surface area contributed by atoms with Crippen molar-refractivity contribution in [3.63, 3.8) is 0 Å². The lowest BCUT2D eigenvalue weighted by Gasteiger charge is -2.37. The normalized spacial score (nSPS) is 16.6. The van der Waals surface area contributed by atoms with Crippen molar-refractivity contribution in [1.82, 2.24) is 9.80 Å². The summed E-state index contributed by atoms with van der Waals surface area (Å²) in [5.74, 6) is -0.0563. The number of anilines is 1. The summed E-state index contributed by atoms with van der Waals surface area (Å²) in [7, 11) is 0. The zero-order chi connectivity index (χ0) is 18.4. The first-order valence-corrected chi connectivity index (χ1v) is 8.93. The Hall–Kier alpha value is -2.68. The van der Waals surface area contributed by atoms with Crippen LogP contribution in [0.25, 0.3) is 0 Å². The van der Waals surface area contributed by atoms with Crippen molar-refractivity contribution in [2.45, 2.75) is 19.5 Å². The van der Waals surface area contributed by atoms with E-state index >= 15 is 0 Å². The summed E-state index contributed by atoms with van der Waals surface area (Å²) >= 11 is 0. The topological polar surface area (TPSA) is 59.4 Å². The van der Waals surface area contributed by atoms with Crippen molar-refractivity contribution in [2.75, 3.05) is 31.5 Å². The summed E-state index contributed by atoms with van der Waals surface area (Å²) < 4.78 is 0. The Morgan fingerprint density at radius 2 is 1.85 bits per heavy atom. The van der Waals surface area contributed by atoms with Crippen LogP contribution in [0.4, 0.5) is 5.69 Å². The quantitative estimate of drug-likeness (QED) is 0.902. The fourth-order valence-electron chi connectivity index (χ4n) is 3.39. The van der Waals surface area contributed by atoms with Gasteiger partial charge < -0.3 is 5.32 Å². The standard InChI is InChI=1S/C21H24N4O/c1-17(26)23-20-9-5-6-18(14-20)16-24-10-12-25(13-11-24)21(15-22)19-7-3-2-4-8-19/h2-9,14,21H,10-13,16H2,1H3,(H,23,26). The number of carbonyl (C=O) groups is 1. The van der Waals surface area contributed by atoms with Gasteiger partial charge in [-0.2, -0.15) is 5.26 Å². The maximum Gasteiger partial charge on any atom is 0.221 e. The van der Waals surface area contributed by atoms with Gasteiger partial charge in [-0.25, -0.2) is 0 Å². The van der Waals surface area contributed by atoms with Gasteiger partial charge in [0.05, 0.1) is 6.07 Å². The summed E-state index contributed by atoms with van der Waals surface area (Å²) in [6, 6.07) is 20.2. The van der Waals surface area contributed by atoms with E-state index in [0.717, 1.165) is 44.0 Å². The van der Waals surface area contributed by atoms with Gasteiger partial charge in [-0.15, -0.1) is 0 Å². The molecule has 3 rings (SSSR count). The molecule has 2 aromatic carbocycles. The number of nitrogens with one attached hydrogen (secondary N) is 1. The summed E-state index contributed by atoms with van der Waals surface area (Å²) in [5, 5.41) is 12.4. The van der Waals surface area contributed by atoms with Gasteiger partial charge in [-0.3, -0.25) is 14.6 Å². The van der Waals surface area contributed by atoms with E-state index in [1.807, 2.05) is 48.5 Å². The molecule has 1 amide bonds. The van der Waals surface area contributed by atoms with Gasteiger partial charge >= 0.3 is 0 Å². The molecule has 1 aliphatic rings. The van der Waals surface area contributed by atoms with Crippen molar-refractivity contribution in [3.05, 3.63) is 65.7 Å². The molecule has 2 aromatic rings. The lowest BCUT2D eigenvalue weighted by atomic mass is 10.1. The number of piperazine rings is 1. The van der Waals surface area contributed by atoms with Gasteiger partial charge in [-0.1, -0.05) is 42.5 Å². The fraction of sp³-hybridized carbons (Fsp3) is 0.333. The lowest BCUT2D eigenvalue weighted by Crippen LogP contribution is -2.46. The number of carbonyl (C=O) groups excluding carboxylic acids is 1. The molecule has 0 spiro atoms. The average Bonchev–Trinajstić information content (AvgIpc) is 2.64. The Morgan fingerprint density at radius 3 is 2.50 bits per heavy atom. The minimum Gasteiger partial charge on any atom is -0.326 e. The summed E-state index contributed by atoms with van der Waals surface area (Å²) in [6.07, 6.45) is 0. The highest BCUT2D eigenvalue weighted by Crippen LogP contribution is 2.22. The number of nitrogens with zero attached hydrogens (tertiary/aromatic N) is 3. The van der Waals surface area contributed by atoms with E-state index in [9.17, 15) is 10.1 Å². The van der Waals surface area contributed by atoms with E-state index in [4.69, 9.17) is 0 Å². The minimum absolute atomic E-state index is 0.0563. The number of amides is 1. The van der Waals surface area contributed by atoms with Gasteiger partial charge in [-0.05, 0) is 23.3 Å². The second-order valence-electron chi connectivity index (χ2n) is 6.64. The van der Waals surface area contributed by atoms with Gasteiger partial charge in [0.2, 0.25) is 5.91 Å². The summed E-state index contributed by atoms with van der Waals surface area (Å²) in [6.45, 7) is 5.97. The van der Waals surface area contributed by atoms with Gasteiger partial charge in [0.25, 0.3) is 0 Å². The molecule has 1 saturated heterocycles. The summed E-state index contributed by atoms with van der Waals surface area (Å²) in [5.41, 5.74) is 3.08. The SMILES string of the molecule is CC(=O)Nc1cccc(CN2CCN(C(C#N)c3ccccc3)CC2)c1. The monoisotopic (exact) mass is 348 g/mol. The Balaban J connectivity index is 1.57. The minimum atomic E-state index is -0.179. The maximum absolute atomic E-state index is 11.2. The number of hydrogen-bond donors (Lipinski definition) is 1. The Labute approximate surface area is 154 Å². The van der Waals surface area contributed by atoms with Crippen molar-refractivity contribution >= 4 is 11.6 Å². The first-order chi connectivity index (χ1) is 12.7. The van der Waals surface area contributed by atoms with Crippen LogP contribution in [0.15, 0.2) is 54.6 Å². The fourth-order valence-corrected chi connectivity index (χ4v) is 3.39. The third kappa shape index (κ3) is 4.69. The molecule has 5 heteroatoms. The molecule has 1 aliphatic heterocycles.